The van der Waals surface area contributed by atoms with E-state index in [9.17, 15) is 13.2 Å². The fourth-order valence-electron chi connectivity index (χ4n) is 1.51. The van der Waals surface area contributed by atoms with Gasteiger partial charge in [-0.1, -0.05) is 36.4 Å². The van der Waals surface area contributed by atoms with E-state index in [1.165, 1.54) is 12.1 Å². The summed E-state index contributed by atoms with van der Waals surface area (Å²) in [6.45, 7) is 0. The van der Waals surface area contributed by atoms with E-state index in [0.717, 1.165) is 5.39 Å². The van der Waals surface area contributed by atoms with Crippen molar-refractivity contribution in [2.75, 3.05) is 0 Å². The van der Waals surface area contributed by atoms with Crippen molar-refractivity contribution in [3.05, 3.63) is 48.0 Å². The number of alkyl halides is 3. The van der Waals surface area contributed by atoms with Gasteiger partial charge in [0.2, 0.25) is 0 Å². The van der Waals surface area contributed by atoms with Crippen LogP contribution >= 0.6 is 0 Å². The van der Waals surface area contributed by atoms with Crippen LogP contribution in [0.2, 0.25) is 0 Å². The molecule has 2 aromatic carbocycles. The van der Waals surface area contributed by atoms with E-state index < -0.39 is 11.9 Å². The van der Waals surface area contributed by atoms with E-state index >= 15 is 0 Å². The molecule has 2 aromatic rings. The minimum absolute atomic E-state index is 0.105. The van der Waals surface area contributed by atoms with Crippen LogP contribution in [0.4, 0.5) is 13.2 Å². The van der Waals surface area contributed by atoms with E-state index in [1.54, 1.807) is 18.2 Å². The second kappa shape index (κ2) is 3.63. The Labute approximate surface area is 90.0 Å². The van der Waals surface area contributed by atoms with E-state index in [1.807, 2.05) is 12.1 Å². The molecule has 0 heterocycles. The SMILES string of the molecule is N=C(c1ccc2ccccc2c1)C(F)(F)F. The molecule has 0 aliphatic heterocycles. The largest absolute Gasteiger partial charge is 0.433 e. The third-order valence-corrected chi connectivity index (χ3v) is 2.32. The lowest BCUT2D eigenvalue weighted by Crippen LogP contribution is -2.22. The van der Waals surface area contributed by atoms with Crippen molar-refractivity contribution in [2.45, 2.75) is 6.18 Å². The maximum absolute atomic E-state index is 12.3. The maximum Gasteiger partial charge on any atom is 0.433 e. The summed E-state index contributed by atoms with van der Waals surface area (Å²) < 4.78 is 36.9. The van der Waals surface area contributed by atoms with Crippen LogP contribution in [0.3, 0.4) is 0 Å². The molecule has 0 aliphatic carbocycles. The standard InChI is InChI=1S/C12H8F3N/c13-12(14,15)11(16)10-6-5-8-3-1-2-4-9(8)7-10/h1-7,16H. The van der Waals surface area contributed by atoms with Crippen LogP contribution in [0.15, 0.2) is 42.5 Å². The quantitative estimate of drug-likeness (QED) is 0.711. The van der Waals surface area contributed by atoms with Gasteiger partial charge in [0.15, 0.2) is 0 Å². The van der Waals surface area contributed by atoms with Gasteiger partial charge in [0.05, 0.1) is 0 Å². The molecule has 2 rings (SSSR count). The minimum atomic E-state index is -4.59. The van der Waals surface area contributed by atoms with Gasteiger partial charge in [-0.05, 0) is 16.8 Å². The average molecular weight is 223 g/mol. The third-order valence-electron chi connectivity index (χ3n) is 2.32. The van der Waals surface area contributed by atoms with Gasteiger partial charge in [0.1, 0.15) is 5.71 Å². The molecule has 0 spiro atoms. The van der Waals surface area contributed by atoms with Gasteiger partial charge < -0.3 is 0 Å². The number of fused-ring (bicyclic) bond motifs is 1. The van der Waals surface area contributed by atoms with Crippen molar-refractivity contribution in [2.24, 2.45) is 0 Å². The van der Waals surface area contributed by atoms with Gasteiger partial charge in [-0.3, -0.25) is 5.41 Å². The summed E-state index contributed by atoms with van der Waals surface area (Å²) >= 11 is 0. The lowest BCUT2D eigenvalue weighted by Gasteiger charge is -2.08. The third kappa shape index (κ3) is 1.91. The van der Waals surface area contributed by atoms with Gasteiger partial charge in [-0.15, -0.1) is 0 Å². The highest BCUT2D eigenvalue weighted by Crippen LogP contribution is 2.23. The van der Waals surface area contributed by atoms with Crippen LogP contribution < -0.4 is 0 Å². The zero-order valence-electron chi connectivity index (χ0n) is 8.18. The zero-order chi connectivity index (χ0) is 11.8. The van der Waals surface area contributed by atoms with Crippen molar-refractivity contribution in [1.82, 2.24) is 0 Å². The first-order valence-corrected chi connectivity index (χ1v) is 4.63. The Morgan fingerprint density at radius 3 is 2.19 bits per heavy atom. The molecule has 0 bridgehead atoms. The van der Waals surface area contributed by atoms with Gasteiger partial charge in [0.25, 0.3) is 0 Å². The van der Waals surface area contributed by atoms with Crippen LogP contribution in [0, 0.1) is 5.41 Å². The Bertz CT molecular complexity index is 543. The molecular weight excluding hydrogens is 215 g/mol. The number of halogens is 3. The molecule has 0 saturated carbocycles. The highest BCUT2D eigenvalue weighted by atomic mass is 19.4. The first-order valence-electron chi connectivity index (χ1n) is 4.63. The van der Waals surface area contributed by atoms with Gasteiger partial charge >= 0.3 is 6.18 Å². The fraction of sp³-hybridized carbons (Fsp3) is 0.0833. The molecule has 0 aliphatic rings. The first kappa shape index (κ1) is 10.7. The Hall–Kier alpha value is -1.84. The molecule has 1 nitrogen and oxygen atoms in total. The van der Waals surface area contributed by atoms with Gasteiger partial charge in [-0.2, -0.15) is 13.2 Å². The summed E-state index contributed by atoms with van der Waals surface area (Å²) in [5.74, 6) is 0. The van der Waals surface area contributed by atoms with Crippen molar-refractivity contribution in [3.8, 4) is 0 Å². The summed E-state index contributed by atoms with van der Waals surface area (Å²) in [5.41, 5.74) is -1.41. The topological polar surface area (TPSA) is 23.9 Å². The molecule has 0 atom stereocenters. The molecule has 0 amide bonds. The minimum Gasteiger partial charge on any atom is -0.296 e. The van der Waals surface area contributed by atoms with Crippen molar-refractivity contribution >= 4 is 16.5 Å². The average Bonchev–Trinajstić information content (AvgIpc) is 2.26. The summed E-state index contributed by atoms with van der Waals surface area (Å²) in [7, 11) is 0. The molecule has 0 radical (unpaired) electrons. The number of benzene rings is 2. The lowest BCUT2D eigenvalue weighted by molar-refractivity contribution is -0.0587. The molecule has 1 N–H and O–H groups in total. The second-order valence-electron chi connectivity index (χ2n) is 3.43. The molecule has 4 heteroatoms. The normalized spacial score (nSPS) is 11.7. The molecule has 0 unspecified atom stereocenters. The number of nitrogens with one attached hydrogen (secondary N) is 1. The molecule has 0 aromatic heterocycles. The van der Waals surface area contributed by atoms with Crippen LogP contribution in [0.5, 0.6) is 0 Å². The Kier molecular flexibility index (Phi) is 2.42. The van der Waals surface area contributed by atoms with E-state index in [0.29, 0.717) is 5.39 Å². The number of hydrogen-bond acceptors (Lipinski definition) is 1. The summed E-state index contributed by atoms with van der Waals surface area (Å²) in [6.07, 6.45) is -4.59. The summed E-state index contributed by atoms with van der Waals surface area (Å²) in [4.78, 5) is 0. The van der Waals surface area contributed by atoms with Gasteiger partial charge in [-0.25, -0.2) is 0 Å². The fourth-order valence-corrected chi connectivity index (χ4v) is 1.51. The Morgan fingerprint density at radius 1 is 0.938 bits per heavy atom. The first-order chi connectivity index (χ1) is 7.48. The zero-order valence-corrected chi connectivity index (χ0v) is 8.18. The van der Waals surface area contributed by atoms with Crippen LogP contribution in [-0.4, -0.2) is 11.9 Å². The van der Waals surface area contributed by atoms with E-state index in [-0.39, 0.29) is 5.56 Å². The van der Waals surface area contributed by atoms with Crippen LogP contribution in [-0.2, 0) is 0 Å². The molecule has 0 saturated heterocycles. The summed E-state index contributed by atoms with van der Waals surface area (Å²) in [6, 6.07) is 11.4. The van der Waals surface area contributed by atoms with Gasteiger partial charge in [0, 0.05) is 5.56 Å². The predicted molar refractivity (Wildman–Crippen MR) is 56.8 cm³/mol. The van der Waals surface area contributed by atoms with Crippen molar-refractivity contribution in [1.29, 1.82) is 5.41 Å². The van der Waals surface area contributed by atoms with Crippen LogP contribution in [0.25, 0.3) is 10.8 Å². The number of hydrogen-bond donors (Lipinski definition) is 1. The maximum atomic E-state index is 12.3. The second-order valence-corrected chi connectivity index (χ2v) is 3.43. The van der Waals surface area contributed by atoms with E-state index in [4.69, 9.17) is 5.41 Å². The smallest absolute Gasteiger partial charge is 0.296 e. The predicted octanol–water partition coefficient (Wildman–Crippen LogP) is 3.77. The monoisotopic (exact) mass is 223 g/mol. The van der Waals surface area contributed by atoms with Crippen molar-refractivity contribution in [3.63, 3.8) is 0 Å². The molecule has 16 heavy (non-hydrogen) atoms. The number of rotatable bonds is 1. The molecular formula is C12H8F3N. The lowest BCUT2D eigenvalue weighted by atomic mass is 10.0. The van der Waals surface area contributed by atoms with Crippen LogP contribution in [0.1, 0.15) is 5.56 Å². The Morgan fingerprint density at radius 2 is 1.56 bits per heavy atom. The highest BCUT2D eigenvalue weighted by molar-refractivity contribution is 6.04. The molecule has 82 valence electrons. The highest BCUT2D eigenvalue weighted by Gasteiger charge is 2.35. The van der Waals surface area contributed by atoms with E-state index in [2.05, 4.69) is 0 Å². The molecule has 0 fully saturated rings. The Balaban J connectivity index is 2.52. The van der Waals surface area contributed by atoms with Crippen molar-refractivity contribution < 1.29 is 13.2 Å². The summed E-state index contributed by atoms with van der Waals surface area (Å²) in [5, 5.41) is 8.60.